The van der Waals surface area contributed by atoms with Crippen molar-refractivity contribution < 1.29 is 9.66 Å². The van der Waals surface area contributed by atoms with Gasteiger partial charge >= 0.3 is 5.69 Å². The van der Waals surface area contributed by atoms with E-state index < -0.39 is 4.92 Å². The van der Waals surface area contributed by atoms with Gasteiger partial charge in [-0.05, 0) is 25.0 Å². The van der Waals surface area contributed by atoms with E-state index >= 15 is 0 Å². The molecule has 0 aliphatic heterocycles. The first-order valence-electron chi connectivity index (χ1n) is 6.02. The van der Waals surface area contributed by atoms with E-state index in [0.29, 0.717) is 18.3 Å². The van der Waals surface area contributed by atoms with Gasteiger partial charge in [0.1, 0.15) is 0 Å². The van der Waals surface area contributed by atoms with Crippen LogP contribution in [-0.4, -0.2) is 16.9 Å². The Morgan fingerprint density at radius 3 is 2.78 bits per heavy atom. The lowest BCUT2D eigenvalue weighted by atomic mass is 10.1. The number of benzene rings is 1. The van der Waals surface area contributed by atoms with Crippen molar-refractivity contribution in [1.82, 2.24) is 0 Å². The monoisotopic (exact) mass is 315 g/mol. The first kappa shape index (κ1) is 15.0. The van der Waals surface area contributed by atoms with Crippen LogP contribution < -0.4 is 4.74 Å². The van der Waals surface area contributed by atoms with E-state index in [1.807, 2.05) is 6.92 Å². The van der Waals surface area contributed by atoms with Gasteiger partial charge in [0.25, 0.3) is 0 Å². The highest BCUT2D eigenvalue weighted by atomic mass is 79.9. The van der Waals surface area contributed by atoms with Crippen molar-refractivity contribution in [3.05, 3.63) is 33.9 Å². The van der Waals surface area contributed by atoms with Crippen LogP contribution in [0.25, 0.3) is 0 Å². The van der Waals surface area contributed by atoms with Crippen LogP contribution in [0, 0.1) is 23.0 Å². The molecule has 0 aromatic heterocycles. The SMILES string of the molecule is CCCC(CBr)COc1cc(C)ccc1[N+](=O)[O-]. The maximum absolute atomic E-state index is 10.9. The molecule has 5 heteroatoms. The molecule has 1 atom stereocenters. The molecular formula is C13H18BrNO3. The lowest BCUT2D eigenvalue weighted by Gasteiger charge is -2.14. The fraction of sp³-hybridized carbons (Fsp3) is 0.538. The fourth-order valence-electron chi connectivity index (χ4n) is 1.71. The van der Waals surface area contributed by atoms with E-state index in [-0.39, 0.29) is 5.69 Å². The zero-order valence-electron chi connectivity index (χ0n) is 10.7. The van der Waals surface area contributed by atoms with Crippen LogP contribution in [0.1, 0.15) is 25.3 Å². The molecule has 0 fully saturated rings. The van der Waals surface area contributed by atoms with Gasteiger partial charge in [-0.3, -0.25) is 10.1 Å². The quantitative estimate of drug-likeness (QED) is 0.432. The first-order chi connectivity index (χ1) is 8.58. The molecule has 100 valence electrons. The summed E-state index contributed by atoms with van der Waals surface area (Å²) < 4.78 is 5.61. The van der Waals surface area contributed by atoms with Gasteiger partial charge in [0.2, 0.25) is 0 Å². The predicted molar refractivity (Wildman–Crippen MR) is 75.5 cm³/mol. The number of rotatable bonds is 7. The van der Waals surface area contributed by atoms with Gasteiger partial charge in [0.15, 0.2) is 5.75 Å². The molecule has 1 rings (SSSR count). The summed E-state index contributed by atoms with van der Waals surface area (Å²) in [6.45, 7) is 4.51. The van der Waals surface area contributed by atoms with Crippen LogP contribution in [-0.2, 0) is 0 Å². The number of hydrogen-bond acceptors (Lipinski definition) is 3. The van der Waals surface area contributed by atoms with Crippen molar-refractivity contribution >= 4 is 21.6 Å². The van der Waals surface area contributed by atoms with E-state index in [2.05, 4.69) is 22.9 Å². The summed E-state index contributed by atoms with van der Waals surface area (Å²) in [5.41, 5.74) is 0.993. The molecule has 4 nitrogen and oxygen atoms in total. The summed E-state index contributed by atoms with van der Waals surface area (Å²) in [4.78, 5) is 10.5. The van der Waals surface area contributed by atoms with Gasteiger partial charge in [-0.25, -0.2) is 0 Å². The summed E-state index contributed by atoms with van der Waals surface area (Å²) in [6, 6.07) is 4.93. The molecule has 0 bridgehead atoms. The highest BCUT2D eigenvalue weighted by molar-refractivity contribution is 9.09. The van der Waals surface area contributed by atoms with Gasteiger partial charge in [-0.1, -0.05) is 35.3 Å². The van der Waals surface area contributed by atoms with Crippen molar-refractivity contribution in [1.29, 1.82) is 0 Å². The Labute approximate surface area is 116 Å². The Kier molecular flexibility index (Phi) is 6.12. The van der Waals surface area contributed by atoms with Crippen LogP contribution in [0.4, 0.5) is 5.69 Å². The lowest BCUT2D eigenvalue weighted by Crippen LogP contribution is -2.14. The van der Waals surface area contributed by atoms with Crippen LogP contribution in [0.3, 0.4) is 0 Å². The van der Waals surface area contributed by atoms with Crippen molar-refractivity contribution in [2.45, 2.75) is 26.7 Å². The average molecular weight is 316 g/mol. The Balaban J connectivity index is 2.76. The zero-order chi connectivity index (χ0) is 13.5. The minimum Gasteiger partial charge on any atom is -0.486 e. The van der Waals surface area contributed by atoms with Crippen molar-refractivity contribution in [2.75, 3.05) is 11.9 Å². The number of halogens is 1. The summed E-state index contributed by atoms with van der Waals surface area (Å²) in [5, 5.41) is 11.7. The standard InChI is InChI=1S/C13H18BrNO3/c1-3-4-11(8-14)9-18-13-7-10(2)5-6-12(13)15(16)17/h5-7,11H,3-4,8-9H2,1-2H3. The number of nitro benzene ring substituents is 1. The molecule has 0 amide bonds. The second-order valence-electron chi connectivity index (χ2n) is 4.35. The zero-order valence-corrected chi connectivity index (χ0v) is 12.3. The molecular weight excluding hydrogens is 298 g/mol. The van der Waals surface area contributed by atoms with Crippen LogP contribution in [0.5, 0.6) is 5.75 Å². The van der Waals surface area contributed by atoms with Gasteiger partial charge in [-0.15, -0.1) is 0 Å². The Morgan fingerprint density at radius 1 is 1.50 bits per heavy atom. The van der Waals surface area contributed by atoms with E-state index in [9.17, 15) is 10.1 Å². The smallest absolute Gasteiger partial charge is 0.310 e. The fourth-order valence-corrected chi connectivity index (χ4v) is 2.22. The summed E-state index contributed by atoms with van der Waals surface area (Å²) in [6.07, 6.45) is 2.13. The summed E-state index contributed by atoms with van der Waals surface area (Å²) in [5.74, 6) is 0.747. The second-order valence-corrected chi connectivity index (χ2v) is 5.00. The van der Waals surface area contributed by atoms with Crippen LogP contribution >= 0.6 is 15.9 Å². The predicted octanol–water partition coefficient (Wildman–Crippen LogP) is 4.09. The Hall–Kier alpha value is -1.10. The highest BCUT2D eigenvalue weighted by Gasteiger charge is 2.16. The summed E-state index contributed by atoms with van der Waals surface area (Å²) in [7, 11) is 0. The third kappa shape index (κ3) is 4.29. The molecule has 0 spiro atoms. The molecule has 0 aliphatic rings. The third-order valence-corrected chi connectivity index (χ3v) is 3.62. The van der Waals surface area contributed by atoms with E-state index in [4.69, 9.17) is 4.74 Å². The number of aryl methyl sites for hydroxylation is 1. The topological polar surface area (TPSA) is 52.4 Å². The van der Waals surface area contributed by atoms with Gasteiger partial charge in [0, 0.05) is 17.3 Å². The minimum absolute atomic E-state index is 0.0328. The maximum atomic E-state index is 10.9. The first-order valence-corrected chi connectivity index (χ1v) is 7.14. The largest absolute Gasteiger partial charge is 0.486 e. The lowest BCUT2D eigenvalue weighted by molar-refractivity contribution is -0.385. The van der Waals surface area contributed by atoms with Crippen molar-refractivity contribution in [3.8, 4) is 5.75 Å². The van der Waals surface area contributed by atoms with Crippen molar-refractivity contribution in [2.24, 2.45) is 5.92 Å². The van der Waals surface area contributed by atoms with Gasteiger partial charge in [0.05, 0.1) is 11.5 Å². The van der Waals surface area contributed by atoms with Gasteiger partial charge in [-0.2, -0.15) is 0 Å². The second kappa shape index (κ2) is 7.36. The maximum Gasteiger partial charge on any atom is 0.310 e. The van der Waals surface area contributed by atoms with Crippen LogP contribution in [0.2, 0.25) is 0 Å². The summed E-state index contributed by atoms with van der Waals surface area (Å²) >= 11 is 3.44. The van der Waals surface area contributed by atoms with Crippen LogP contribution in [0.15, 0.2) is 18.2 Å². The highest BCUT2D eigenvalue weighted by Crippen LogP contribution is 2.28. The molecule has 1 aromatic carbocycles. The molecule has 0 saturated heterocycles. The molecule has 1 unspecified atom stereocenters. The number of nitro groups is 1. The number of ether oxygens (including phenoxy) is 1. The number of nitrogens with zero attached hydrogens (tertiary/aromatic N) is 1. The van der Waals surface area contributed by atoms with Crippen molar-refractivity contribution in [3.63, 3.8) is 0 Å². The minimum atomic E-state index is -0.405. The van der Waals surface area contributed by atoms with E-state index in [1.54, 1.807) is 12.1 Å². The normalized spacial score (nSPS) is 12.2. The molecule has 0 heterocycles. The molecule has 0 N–H and O–H groups in total. The average Bonchev–Trinajstić information content (AvgIpc) is 2.34. The van der Waals surface area contributed by atoms with Gasteiger partial charge < -0.3 is 4.74 Å². The molecule has 0 radical (unpaired) electrons. The Bertz CT molecular complexity index is 409. The Morgan fingerprint density at radius 2 is 2.22 bits per heavy atom. The molecule has 0 saturated carbocycles. The third-order valence-electron chi connectivity index (χ3n) is 2.70. The molecule has 0 aliphatic carbocycles. The molecule has 18 heavy (non-hydrogen) atoms. The van der Waals surface area contributed by atoms with E-state index in [1.165, 1.54) is 6.07 Å². The number of alkyl halides is 1. The number of hydrogen-bond donors (Lipinski definition) is 0. The van der Waals surface area contributed by atoms with E-state index in [0.717, 1.165) is 23.7 Å². The molecule has 1 aromatic rings.